The van der Waals surface area contributed by atoms with Gasteiger partial charge < -0.3 is 9.88 Å². The van der Waals surface area contributed by atoms with Crippen molar-refractivity contribution >= 4 is 33.4 Å². The second-order valence-electron chi connectivity index (χ2n) is 4.12. The van der Waals surface area contributed by atoms with Gasteiger partial charge in [-0.2, -0.15) is 0 Å². The summed E-state index contributed by atoms with van der Waals surface area (Å²) in [7, 11) is 1.83. The Labute approximate surface area is 124 Å². The molecule has 7 heteroatoms. The van der Waals surface area contributed by atoms with Crippen LogP contribution in [0.1, 0.15) is 29.1 Å². The zero-order valence-corrected chi connectivity index (χ0v) is 12.7. The number of nitrogens with zero attached hydrogens (tertiary/aromatic N) is 3. The van der Waals surface area contributed by atoms with E-state index in [-0.39, 0.29) is 11.9 Å². The van der Waals surface area contributed by atoms with Gasteiger partial charge in [-0.15, -0.1) is 10.2 Å². The van der Waals surface area contributed by atoms with Crippen LogP contribution in [0.25, 0.3) is 0 Å². The van der Waals surface area contributed by atoms with Crippen LogP contribution in [-0.2, 0) is 7.05 Å². The number of halogens is 2. The SMILES string of the molecule is CC(NC(=O)c1ccc(Cl)c(Br)c1)c1nncn1C. The number of benzene rings is 1. The topological polar surface area (TPSA) is 59.8 Å². The van der Waals surface area contributed by atoms with E-state index in [4.69, 9.17) is 11.6 Å². The van der Waals surface area contributed by atoms with Crippen LogP contribution in [0.15, 0.2) is 29.0 Å². The number of aromatic nitrogens is 3. The molecule has 1 amide bonds. The minimum absolute atomic E-state index is 0.187. The molecule has 1 N–H and O–H groups in total. The van der Waals surface area contributed by atoms with E-state index in [2.05, 4.69) is 31.4 Å². The van der Waals surface area contributed by atoms with Crippen LogP contribution in [0.3, 0.4) is 0 Å². The van der Waals surface area contributed by atoms with Crippen molar-refractivity contribution in [1.29, 1.82) is 0 Å². The minimum Gasteiger partial charge on any atom is -0.342 e. The maximum absolute atomic E-state index is 12.1. The summed E-state index contributed by atoms with van der Waals surface area (Å²) in [4.78, 5) is 12.1. The third-order valence-corrected chi connectivity index (χ3v) is 3.88. The van der Waals surface area contributed by atoms with Crippen LogP contribution in [0.5, 0.6) is 0 Å². The molecule has 0 bridgehead atoms. The van der Waals surface area contributed by atoms with Crippen molar-refractivity contribution in [3.05, 3.63) is 45.4 Å². The molecule has 0 saturated heterocycles. The molecule has 0 saturated carbocycles. The van der Waals surface area contributed by atoms with Gasteiger partial charge >= 0.3 is 0 Å². The number of hydrogen-bond donors (Lipinski definition) is 1. The molecule has 0 radical (unpaired) electrons. The number of carbonyl (C=O) groups is 1. The lowest BCUT2D eigenvalue weighted by Crippen LogP contribution is -2.28. The van der Waals surface area contributed by atoms with E-state index in [0.29, 0.717) is 20.9 Å². The van der Waals surface area contributed by atoms with Gasteiger partial charge in [-0.25, -0.2) is 0 Å². The van der Waals surface area contributed by atoms with E-state index >= 15 is 0 Å². The zero-order valence-electron chi connectivity index (χ0n) is 10.4. The Morgan fingerprint density at radius 2 is 2.26 bits per heavy atom. The summed E-state index contributed by atoms with van der Waals surface area (Å²) >= 11 is 9.19. The van der Waals surface area contributed by atoms with Crippen molar-refractivity contribution in [2.24, 2.45) is 7.05 Å². The first-order valence-electron chi connectivity index (χ1n) is 5.59. The van der Waals surface area contributed by atoms with Gasteiger partial charge in [0.15, 0.2) is 5.82 Å². The Morgan fingerprint density at radius 1 is 1.53 bits per heavy atom. The normalized spacial score (nSPS) is 12.2. The highest BCUT2D eigenvalue weighted by Gasteiger charge is 2.15. The molecule has 1 aromatic heterocycles. The fourth-order valence-electron chi connectivity index (χ4n) is 1.67. The number of rotatable bonds is 3. The van der Waals surface area contributed by atoms with Crippen molar-refractivity contribution in [2.45, 2.75) is 13.0 Å². The van der Waals surface area contributed by atoms with E-state index in [0.717, 1.165) is 0 Å². The van der Waals surface area contributed by atoms with Crippen molar-refractivity contribution in [1.82, 2.24) is 20.1 Å². The Bertz CT molecular complexity index is 614. The first kappa shape index (κ1) is 14.0. The largest absolute Gasteiger partial charge is 0.342 e. The van der Waals surface area contributed by atoms with Gasteiger partial charge in [0.05, 0.1) is 11.1 Å². The van der Waals surface area contributed by atoms with Gasteiger partial charge in [-0.3, -0.25) is 4.79 Å². The number of carbonyl (C=O) groups excluding carboxylic acids is 1. The van der Waals surface area contributed by atoms with E-state index in [9.17, 15) is 4.79 Å². The van der Waals surface area contributed by atoms with Crippen LogP contribution in [-0.4, -0.2) is 20.7 Å². The number of nitrogens with one attached hydrogen (secondary N) is 1. The second kappa shape index (κ2) is 5.71. The van der Waals surface area contributed by atoms with Gasteiger partial charge in [-0.1, -0.05) is 11.6 Å². The Balaban J connectivity index is 2.13. The van der Waals surface area contributed by atoms with Crippen molar-refractivity contribution in [2.75, 3.05) is 0 Å². The summed E-state index contributed by atoms with van der Waals surface area (Å²) in [5.74, 6) is 0.509. The lowest BCUT2D eigenvalue weighted by molar-refractivity contribution is 0.0937. The molecule has 100 valence electrons. The van der Waals surface area contributed by atoms with Gasteiger partial charge in [0, 0.05) is 17.1 Å². The molecular formula is C12H12BrClN4O. The van der Waals surface area contributed by atoms with Gasteiger partial charge in [0.25, 0.3) is 5.91 Å². The first-order chi connectivity index (χ1) is 8.99. The van der Waals surface area contributed by atoms with Crippen molar-refractivity contribution < 1.29 is 4.79 Å². The summed E-state index contributed by atoms with van der Waals surface area (Å²) in [5.41, 5.74) is 0.533. The van der Waals surface area contributed by atoms with Crippen LogP contribution >= 0.6 is 27.5 Å². The molecule has 2 rings (SSSR count). The highest BCUT2D eigenvalue weighted by atomic mass is 79.9. The molecule has 0 aliphatic carbocycles. The molecule has 1 aromatic carbocycles. The molecule has 1 unspecified atom stereocenters. The molecule has 0 spiro atoms. The number of aryl methyl sites for hydroxylation is 1. The average molecular weight is 344 g/mol. The highest BCUT2D eigenvalue weighted by Crippen LogP contribution is 2.23. The third kappa shape index (κ3) is 3.13. The quantitative estimate of drug-likeness (QED) is 0.932. The van der Waals surface area contributed by atoms with E-state index in [1.165, 1.54) is 0 Å². The summed E-state index contributed by atoms with van der Waals surface area (Å²) in [6.07, 6.45) is 1.59. The van der Waals surface area contributed by atoms with Crippen LogP contribution in [0, 0.1) is 0 Å². The molecule has 0 fully saturated rings. The van der Waals surface area contributed by atoms with Crippen molar-refractivity contribution in [3.8, 4) is 0 Å². The van der Waals surface area contributed by atoms with Crippen LogP contribution < -0.4 is 5.32 Å². The van der Waals surface area contributed by atoms with E-state index in [1.807, 2.05) is 14.0 Å². The third-order valence-electron chi connectivity index (χ3n) is 2.66. The lowest BCUT2D eigenvalue weighted by Gasteiger charge is -2.13. The van der Waals surface area contributed by atoms with E-state index in [1.54, 1.807) is 29.1 Å². The fraction of sp³-hybridized carbons (Fsp3) is 0.250. The first-order valence-corrected chi connectivity index (χ1v) is 6.76. The predicted molar refractivity (Wildman–Crippen MR) is 76.0 cm³/mol. The molecule has 19 heavy (non-hydrogen) atoms. The molecular weight excluding hydrogens is 332 g/mol. The zero-order chi connectivity index (χ0) is 14.0. The maximum Gasteiger partial charge on any atom is 0.251 e. The summed E-state index contributed by atoms with van der Waals surface area (Å²) in [6.45, 7) is 1.85. The van der Waals surface area contributed by atoms with Crippen LogP contribution in [0.2, 0.25) is 5.02 Å². The monoisotopic (exact) mass is 342 g/mol. The lowest BCUT2D eigenvalue weighted by atomic mass is 10.2. The maximum atomic E-state index is 12.1. The molecule has 2 aromatic rings. The minimum atomic E-state index is -0.227. The van der Waals surface area contributed by atoms with E-state index < -0.39 is 0 Å². The van der Waals surface area contributed by atoms with Gasteiger partial charge in [0.1, 0.15) is 6.33 Å². The highest BCUT2D eigenvalue weighted by molar-refractivity contribution is 9.10. The Hall–Kier alpha value is -1.40. The Morgan fingerprint density at radius 3 is 2.84 bits per heavy atom. The molecule has 5 nitrogen and oxygen atoms in total. The fourth-order valence-corrected chi connectivity index (χ4v) is 2.16. The number of amides is 1. The summed E-state index contributed by atoms with van der Waals surface area (Å²) in [6, 6.07) is 4.80. The second-order valence-corrected chi connectivity index (χ2v) is 5.39. The molecule has 0 aliphatic rings. The average Bonchev–Trinajstić information content (AvgIpc) is 2.79. The van der Waals surface area contributed by atoms with Gasteiger partial charge in [0.2, 0.25) is 0 Å². The summed E-state index contributed by atoms with van der Waals surface area (Å²) < 4.78 is 2.45. The smallest absolute Gasteiger partial charge is 0.251 e. The van der Waals surface area contributed by atoms with Gasteiger partial charge in [-0.05, 0) is 41.1 Å². The summed E-state index contributed by atoms with van der Waals surface area (Å²) in [5, 5.41) is 11.2. The Kier molecular flexibility index (Phi) is 4.21. The predicted octanol–water partition coefficient (Wildman–Crippen LogP) is 2.72. The molecule has 1 atom stereocenters. The van der Waals surface area contributed by atoms with Crippen LogP contribution in [0.4, 0.5) is 0 Å². The molecule has 1 heterocycles. The molecule has 0 aliphatic heterocycles. The number of hydrogen-bond acceptors (Lipinski definition) is 3. The standard InChI is InChI=1S/C12H12BrClN4O/c1-7(11-17-15-6-18(11)2)16-12(19)8-3-4-10(14)9(13)5-8/h3-7H,1-2H3,(H,16,19). The van der Waals surface area contributed by atoms with Crippen molar-refractivity contribution in [3.63, 3.8) is 0 Å².